The van der Waals surface area contributed by atoms with Crippen LogP contribution in [0.3, 0.4) is 0 Å². The first-order valence-electron chi connectivity index (χ1n) is 28.0. The minimum Gasteiger partial charge on any atom is -0.309 e. The van der Waals surface area contributed by atoms with Gasteiger partial charge in [0.05, 0.1) is 33.8 Å². The summed E-state index contributed by atoms with van der Waals surface area (Å²) < 4.78 is 4.77. The molecular weight excluding hydrogens is 981 g/mol. The summed E-state index contributed by atoms with van der Waals surface area (Å²) in [6.45, 7) is 2.28. The van der Waals surface area contributed by atoms with Gasteiger partial charge in [0.1, 0.15) is 0 Å². The van der Waals surface area contributed by atoms with Crippen molar-refractivity contribution < 1.29 is 0 Å². The maximum absolute atomic E-state index is 5.54. The number of amidine groups is 1. The van der Waals surface area contributed by atoms with Crippen molar-refractivity contribution in [2.45, 2.75) is 13.0 Å². The molecule has 2 aromatic heterocycles. The van der Waals surface area contributed by atoms with Gasteiger partial charge in [-0.1, -0.05) is 244 Å². The van der Waals surface area contributed by atoms with Gasteiger partial charge in [-0.05, 0) is 127 Å². The molecule has 0 aliphatic carbocycles. The fourth-order valence-corrected chi connectivity index (χ4v) is 12.4. The Morgan fingerprint density at radius 3 is 1.04 bits per heavy atom. The second-order valence-electron chi connectivity index (χ2n) is 21.3. The number of hydrogen-bond acceptors (Lipinski definition) is 2. The summed E-state index contributed by atoms with van der Waals surface area (Å²) in [7, 11) is 0. The van der Waals surface area contributed by atoms with Crippen molar-refractivity contribution in [1.29, 1.82) is 0 Å². The van der Waals surface area contributed by atoms with E-state index in [9.17, 15) is 0 Å². The Kier molecular flexibility index (Phi) is 11.9. The number of fused-ring (bicyclic) bond motifs is 6. The van der Waals surface area contributed by atoms with Gasteiger partial charge in [-0.25, -0.2) is 4.99 Å². The fourth-order valence-electron chi connectivity index (χ4n) is 12.4. The van der Waals surface area contributed by atoms with E-state index in [2.05, 4.69) is 313 Å². The van der Waals surface area contributed by atoms with E-state index in [4.69, 9.17) is 9.98 Å². The van der Waals surface area contributed by atoms with Crippen molar-refractivity contribution in [3.63, 3.8) is 0 Å². The van der Waals surface area contributed by atoms with Crippen LogP contribution in [0, 0.1) is 5.92 Å². The third-order valence-electron chi connectivity index (χ3n) is 16.5. The molecule has 81 heavy (non-hydrogen) atoms. The molecule has 0 bridgehead atoms. The van der Waals surface area contributed by atoms with Crippen LogP contribution < -0.4 is 0 Å². The topological polar surface area (TPSA) is 34.6 Å². The highest BCUT2D eigenvalue weighted by Crippen LogP contribution is 2.39. The first kappa shape index (κ1) is 47.8. The van der Waals surface area contributed by atoms with Crippen LogP contribution in [-0.2, 0) is 0 Å². The molecule has 0 amide bonds. The normalized spacial score (nSPS) is 14.4. The van der Waals surface area contributed by atoms with Gasteiger partial charge in [0, 0.05) is 44.4 Å². The molecule has 4 nitrogen and oxygen atoms in total. The van der Waals surface area contributed by atoms with E-state index in [0.29, 0.717) is 0 Å². The van der Waals surface area contributed by atoms with Crippen molar-refractivity contribution in [3.05, 3.63) is 314 Å². The molecule has 2 unspecified atom stereocenters. The molecule has 3 heterocycles. The van der Waals surface area contributed by atoms with Crippen molar-refractivity contribution in [2.75, 3.05) is 0 Å². The zero-order valence-electron chi connectivity index (χ0n) is 44.7. The van der Waals surface area contributed by atoms with Gasteiger partial charge in [0.2, 0.25) is 0 Å². The van der Waals surface area contributed by atoms with Gasteiger partial charge in [-0.3, -0.25) is 4.99 Å². The molecule has 0 saturated carbocycles. The van der Waals surface area contributed by atoms with Crippen molar-refractivity contribution in [3.8, 4) is 67.0 Å². The zero-order chi connectivity index (χ0) is 53.8. The number of nitrogens with zero attached hydrogens (tertiary/aromatic N) is 4. The number of hydrogen-bond donors (Lipinski definition) is 0. The summed E-state index contributed by atoms with van der Waals surface area (Å²) in [5, 5.41) is 5.02. The molecule has 1 aliphatic rings. The number of benzene rings is 12. The summed E-state index contributed by atoms with van der Waals surface area (Å²) in [5.41, 5.74) is 23.0. The highest BCUT2D eigenvalue weighted by Gasteiger charge is 2.30. The summed E-state index contributed by atoms with van der Waals surface area (Å²) in [5.74, 6) is 0.724. The Morgan fingerprint density at radius 2 is 0.593 bits per heavy atom. The van der Waals surface area contributed by atoms with Crippen molar-refractivity contribution in [2.24, 2.45) is 15.9 Å². The second-order valence-corrected chi connectivity index (χ2v) is 21.3. The van der Waals surface area contributed by atoms with E-state index in [1.54, 1.807) is 0 Å². The molecule has 1 aliphatic heterocycles. The monoisotopic (exact) mass is 1030 g/mol. The van der Waals surface area contributed by atoms with E-state index in [1.165, 1.54) is 65.9 Å². The van der Waals surface area contributed by atoms with Gasteiger partial charge >= 0.3 is 0 Å². The molecule has 14 aromatic rings. The standard InChI is InChI=1S/C77H54N4/c1-51-75(56-41-35-54(36-42-56)63-23-15-25-65(49-63)80-71-31-9-5-27-67(71)68-28-6-10-32-72(68)80)78-77(58-45-39-53(40-46-58)60-20-14-22-62(48-60)61-21-13-19-59(47-61)52-17-3-2-4-18-52)79-76(51)57-43-37-55(38-44-57)64-24-16-26-66(50-64)81-73-33-11-7-29-69(73)70-30-8-12-34-74(70)81/h2-51,75H,1H3. The summed E-state index contributed by atoms with van der Waals surface area (Å²) in [6, 6.07) is 107. The Morgan fingerprint density at radius 1 is 0.272 bits per heavy atom. The molecule has 15 rings (SSSR count). The summed E-state index contributed by atoms with van der Waals surface area (Å²) in [6.07, 6.45) is 0. The molecule has 2 atom stereocenters. The average Bonchev–Trinajstić information content (AvgIpc) is 4.28. The maximum atomic E-state index is 5.54. The van der Waals surface area contributed by atoms with E-state index in [-0.39, 0.29) is 12.0 Å². The Balaban J connectivity index is 0.768. The van der Waals surface area contributed by atoms with Crippen LogP contribution in [0.25, 0.3) is 111 Å². The average molecular weight is 1040 g/mol. The molecule has 0 saturated heterocycles. The zero-order valence-corrected chi connectivity index (χ0v) is 44.7. The molecular formula is C77H54N4. The third-order valence-corrected chi connectivity index (χ3v) is 16.5. The predicted octanol–water partition coefficient (Wildman–Crippen LogP) is 19.8. The lowest BCUT2D eigenvalue weighted by molar-refractivity contribution is 0.592. The molecule has 0 fully saturated rings. The minimum absolute atomic E-state index is 0.00915. The van der Waals surface area contributed by atoms with Crippen LogP contribution in [0.5, 0.6) is 0 Å². The van der Waals surface area contributed by atoms with E-state index in [1.807, 2.05) is 0 Å². The Bertz CT molecular complexity index is 4640. The predicted molar refractivity (Wildman–Crippen MR) is 340 cm³/mol. The second kappa shape index (κ2) is 20.1. The first-order chi connectivity index (χ1) is 40.1. The molecule has 4 heteroatoms. The lowest BCUT2D eigenvalue weighted by Crippen LogP contribution is -2.26. The molecule has 12 aromatic carbocycles. The van der Waals surface area contributed by atoms with Crippen molar-refractivity contribution in [1.82, 2.24) is 9.13 Å². The molecule has 0 radical (unpaired) electrons. The van der Waals surface area contributed by atoms with Crippen LogP contribution >= 0.6 is 0 Å². The smallest absolute Gasteiger partial charge is 0.155 e. The number of para-hydroxylation sites is 4. The number of rotatable bonds is 10. The van der Waals surface area contributed by atoms with Crippen LogP contribution in [0.4, 0.5) is 0 Å². The number of aromatic nitrogens is 2. The quantitative estimate of drug-likeness (QED) is 0.131. The first-order valence-corrected chi connectivity index (χ1v) is 28.0. The summed E-state index contributed by atoms with van der Waals surface area (Å²) >= 11 is 0. The Labute approximate surface area is 471 Å². The molecule has 0 spiro atoms. The minimum atomic E-state index is -0.170. The molecule has 382 valence electrons. The number of aliphatic imine (C=N–C) groups is 2. The van der Waals surface area contributed by atoms with Gasteiger partial charge in [0.15, 0.2) is 5.84 Å². The maximum Gasteiger partial charge on any atom is 0.155 e. The largest absolute Gasteiger partial charge is 0.309 e. The van der Waals surface area contributed by atoms with E-state index >= 15 is 0 Å². The van der Waals surface area contributed by atoms with Crippen LogP contribution in [0.2, 0.25) is 0 Å². The van der Waals surface area contributed by atoms with Gasteiger partial charge < -0.3 is 9.13 Å². The van der Waals surface area contributed by atoms with E-state index in [0.717, 1.165) is 73.0 Å². The summed E-state index contributed by atoms with van der Waals surface area (Å²) in [4.78, 5) is 11.0. The third kappa shape index (κ3) is 8.66. The molecule has 0 N–H and O–H groups in total. The van der Waals surface area contributed by atoms with Crippen LogP contribution in [0.15, 0.2) is 307 Å². The van der Waals surface area contributed by atoms with Crippen LogP contribution in [0.1, 0.15) is 29.7 Å². The van der Waals surface area contributed by atoms with Crippen LogP contribution in [-0.4, -0.2) is 20.7 Å². The van der Waals surface area contributed by atoms with Gasteiger partial charge in [-0.15, -0.1) is 0 Å². The van der Waals surface area contributed by atoms with E-state index < -0.39 is 0 Å². The fraction of sp³-hybridized carbons (Fsp3) is 0.0390. The van der Waals surface area contributed by atoms with Crippen molar-refractivity contribution >= 4 is 55.2 Å². The highest BCUT2D eigenvalue weighted by atomic mass is 15.0. The SMILES string of the molecule is CC1C(c2ccc(-c3cccc(-n4c5ccccc5c5ccccc54)c3)cc2)=NC(c2ccc(-c3cccc(-c4cccc(-c5ccccc5)c4)c3)cc2)=NC1c1ccc(-c2cccc(-n3c4ccccc4c4ccccc43)c2)cc1. The lowest BCUT2D eigenvalue weighted by Gasteiger charge is -2.28. The van der Waals surface area contributed by atoms with Gasteiger partial charge in [-0.2, -0.15) is 0 Å². The highest BCUT2D eigenvalue weighted by molar-refractivity contribution is 6.15. The lowest BCUT2D eigenvalue weighted by atomic mass is 9.85. The Hall–Kier alpha value is -10.4. The van der Waals surface area contributed by atoms with Gasteiger partial charge in [0.25, 0.3) is 0 Å².